The smallest absolute Gasteiger partial charge is 0.0110 e. The maximum atomic E-state index is 3.66. The van der Waals surface area contributed by atoms with Gasteiger partial charge in [0, 0.05) is 5.75 Å². The summed E-state index contributed by atoms with van der Waals surface area (Å²) in [5, 5.41) is 0. The first kappa shape index (κ1) is 9.09. The molecule has 0 heterocycles. The van der Waals surface area contributed by atoms with Crippen molar-refractivity contribution < 1.29 is 0 Å². The lowest BCUT2D eigenvalue weighted by molar-refractivity contribution is 0.779. The van der Waals surface area contributed by atoms with Crippen LogP contribution in [0.25, 0.3) is 0 Å². The minimum Gasteiger partial charge on any atom is -0.158 e. The van der Waals surface area contributed by atoms with Crippen LogP contribution >= 0.6 is 11.8 Å². The maximum absolute atomic E-state index is 3.66. The number of thioether (sulfide) groups is 1. The molecular formula is C8H16S. The Labute approximate surface area is 62.7 Å². The van der Waals surface area contributed by atoms with Gasteiger partial charge in [-0.05, 0) is 12.2 Å². The van der Waals surface area contributed by atoms with Gasteiger partial charge in [0.1, 0.15) is 0 Å². The Morgan fingerprint density at radius 1 is 1.67 bits per heavy atom. The zero-order chi connectivity index (χ0) is 6.95. The van der Waals surface area contributed by atoms with Crippen LogP contribution in [0.3, 0.4) is 0 Å². The van der Waals surface area contributed by atoms with Gasteiger partial charge in [-0.25, -0.2) is 0 Å². The molecule has 0 aromatic carbocycles. The van der Waals surface area contributed by atoms with Crippen LogP contribution in [-0.4, -0.2) is 11.5 Å². The first-order chi connectivity index (χ1) is 4.41. The molecule has 0 fully saturated rings. The quantitative estimate of drug-likeness (QED) is 0.410. The third-order valence-corrected chi connectivity index (χ3v) is 2.18. The van der Waals surface area contributed by atoms with Crippen LogP contribution in [0.15, 0.2) is 12.7 Å². The molecule has 0 aliphatic heterocycles. The van der Waals surface area contributed by atoms with Gasteiger partial charge in [0.05, 0.1) is 0 Å². The molecule has 0 aliphatic carbocycles. The second-order valence-electron chi connectivity index (χ2n) is 2.07. The standard InChI is InChI=1S/C8H16S/c1-3-5-6-8-9-7-4-2/h4H,2-3,5-8H2,1H3/i8+2. The molecule has 1 heteroatoms. The van der Waals surface area contributed by atoms with E-state index in [4.69, 9.17) is 0 Å². The molecular weight excluding hydrogens is 130 g/mol. The molecule has 0 saturated carbocycles. The number of hydrogen-bond donors (Lipinski definition) is 0. The zero-order valence-corrected chi connectivity index (χ0v) is 7.04. The van der Waals surface area contributed by atoms with Crippen molar-refractivity contribution in [3.63, 3.8) is 0 Å². The SMILES string of the molecule is C=CCS[14CH2]CCCC. The van der Waals surface area contributed by atoms with E-state index in [1.807, 2.05) is 17.8 Å². The lowest BCUT2D eigenvalue weighted by atomic mass is 10.3. The van der Waals surface area contributed by atoms with Crippen LogP contribution in [0, 0.1) is 0 Å². The van der Waals surface area contributed by atoms with Crippen molar-refractivity contribution in [3.05, 3.63) is 12.7 Å². The van der Waals surface area contributed by atoms with Gasteiger partial charge < -0.3 is 0 Å². The Kier molecular flexibility index (Phi) is 8.17. The second kappa shape index (κ2) is 8.09. The van der Waals surface area contributed by atoms with Crippen LogP contribution in [0.1, 0.15) is 26.2 Å². The molecule has 0 bridgehead atoms. The Morgan fingerprint density at radius 2 is 2.44 bits per heavy atom. The summed E-state index contributed by atoms with van der Waals surface area (Å²) in [7, 11) is 0. The summed E-state index contributed by atoms with van der Waals surface area (Å²) in [6.07, 6.45) is 6.05. The van der Waals surface area contributed by atoms with Crippen molar-refractivity contribution in [2.75, 3.05) is 11.5 Å². The summed E-state index contributed by atoms with van der Waals surface area (Å²) in [5.74, 6) is 2.42. The van der Waals surface area contributed by atoms with E-state index in [1.54, 1.807) is 0 Å². The Hall–Kier alpha value is 0.0900. The largest absolute Gasteiger partial charge is 0.158 e. The lowest BCUT2D eigenvalue weighted by Crippen LogP contribution is -1.79. The monoisotopic (exact) mass is 146 g/mol. The summed E-state index contributed by atoms with van der Waals surface area (Å²) < 4.78 is 0. The normalized spacial score (nSPS) is 9.44. The van der Waals surface area contributed by atoms with Crippen LogP contribution < -0.4 is 0 Å². The topological polar surface area (TPSA) is 0 Å². The van der Waals surface area contributed by atoms with E-state index in [0.29, 0.717) is 0 Å². The fourth-order valence-electron chi connectivity index (χ4n) is 0.621. The molecule has 0 radical (unpaired) electrons. The lowest BCUT2D eigenvalue weighted by Gasteiger charge is -1.94. The molecule has 0 aromatic heterocycles. The van der Waals surface area contributed by atoms with Gasteiger partial charge in [0.15, 0.2) is 0 Å². The van der Waals surface area contributed by atoms with E-state index in [-0.39, 0.29) is 0 Å². The molecule has 0 rings (SSSR count). The fourth-order valence-corrected chi connectivity index (χ4v) is 1.36. The maximum Gasteiger partial charge on any atom is 0.0110 e. The van der Waals surface area contributed by atoms with Gasteiger partial charge >= 0.3 is 0 Å². The predicted octanol–water partition coefficient (Wildman–Crippen LogP) is 3.10. The van der Waals surface area contributed by atoms with Crippen molar-refractivity contribution in [2.45, 2.75) is 26.2 Å². The van der Waals surface area contributed by atoms with Crippen molar-refractivity contribution in [2.24, 2.45) is 0 Å². The van der Waals surface area contributed by atoms with Crippen LogP contribution in [0.2, 0.25) is 0 Å². The van der Waals surface area contributed by atoms with E-state index in [9.17, 15) is 0 Å². The first-order valence-corrected chi connectivity index (χ1v) is 4.76. The van der Waals surface area contributed by atoms with E-state index in [1.165, 1.54) is 25.0 Å². The van der Waals surface area contributed by atoms with Crippen molar-refractivity contribution in [3.8, 4) is 0 Å². The van der Waals surface area contributed by atoms with Crippen molar-refractivity contribution in [1.82, 2.24) is 0 Å². The van der Waals surface area contributed by atoms with Gasteiger partial charge in [0.2, 0.25) is 0 Å². The molecule has 0 N–H and O–H groups in total. The summed E-state index contributed by atoms with van der Waals surface area (Å²) in [5.41, 5.74) is 0. The molecule has 0 aliphatic rings. The highest BCUT2D eigenvalue weighted by atomic mass is 32.2. The van der Waals surface area contributed by atoms with Gasteiger partial charge in [-0.2, -0.15) is 11.8 Å². The van der Waals surface area contributed by atoms with E-state index in [0.717, 1.165) is 5.75 Å². The zero-order valence-electron chi connectivity index (χ0n) is 6.23. The fraction of sp³-hybridized carbons (Fsp3) is 0.750. The third kappa shape index (κ3) is 8.09. The van der Waals surface area contributed by atoms with E-state index >= 15 is 0 Å². The van der Waals surface area contributed by atoms with E-state index < -0.39 is 0 Å². The van der Waals surface area contributed by atoms with Gasteiger partial charge in [-0.3, -0.25) is 0 Å². The molecule has 0 amide bonds. The average molecular weight is 146 g/mol. The average Bonchev–Trinajstić information content (AvgIpc) is 1.89. The molecule has 0 spiro atoms. The summed E-state index contributed by atoms with van der Waals surface area (Å²) in [4.78, 5) is 0. The van der Waals surface area contributed by atoms with Crippen LogP contribution in [-0.2, 0) is 0 Å². The molecule has 0 saturated heterocycles. The Balaban J connectivity index is 2.66. The summed E-state index contributed by atoms with van der Waals surface area (Å²) >= 11 is 1.98. The number of unbranched alkanes of at least 4 members (excludes halogenated alkanes) is 2. The Morgan fingerprint density at radius 3 is 3.00 bits per heavy atom. The summed E-state index contributed by atoms with van der Waals surface area (Å²) in [6.45, 7) is 5.89. The van der Waals surface area contributed by atoms with E-state index in [2.05, 4.69) is 13.5 Å². The molecule has 0 unspecified atom stereocenters. The first-order valence-electron chi connectivity index (χ1n) is 3.60. The number of rotatable bonds is 6. The second-order valence-corrected chi connectivity index (χ2v) is 3.22. The van der Waals surface area contributed by atoms with Gasteiger partial charge in [-0.15, -0.1) is 6.58 Å². The highest BCUT2D eigenvalue weighted by Crippen LogP contribution is 2.05. The third-order valence-electron chi connectivity index (χ3n) is 1.13. The highest BCUT2D eigenvalue weighted by molar-refractivity contribution is 7.99. The van der Waals surface area contributed by atoms with Crippen molar-refractivity contribution >= 4 is 11.8 Å². The van der Waals surface area contributed by atoms with Gasteiger partial charge in [0.25, 0.3) is 0 Å². The minimum absolute atomic E-state index is 1.11. The minimum atomic E-state index is 1.11. The van der Waals surface area contributed by atoms with Crippen LogP contribution in [0.4, 0.5) is 0 Å². The molecule has 54 valence electrons. The van der Waals surface area contributed by atoms with Crippen LogP contribution in [0.5, 0.6) is 0 Å². The number of hydrogen-bond acceptors (Lipinski definition) is 1. The molecule has 0 atom stereocenters. The van der Waals surface area contributed by atoms with Gasteiger partial charge in [-0.1, -0.05) is 25.8 Å². The Bertz CT molecular complexity index is 59.6. The molecule has 0 aromatic rings. The predicted molar refractivity (Wildman–Crippen MR) is 47.0 cm³/mol. The summed E-state index contributed by atoms with van der Waals surface area (Å²) in [6, 6.07) is 0. The molecule has 9 heavy (non-hydrogen) atoms. The van der Waals surface area contributed by atoms with Crippen molar-refractivity contribution in [1.29, 1.82) is 0 Å². The molecule has 0 nitrogen and oxygen atoms in total. The highest BCUT2D eigenvalue weighted by Gasteiger charge is 1.84.